The van der Waals surface area contributed by atoms with Crippen molar-refractivity contribution >= 4 is 30.6 Å². The van der Waals surface area contributed by atoms with E-state index in [2.05, 4.69) is 15.6 Å². The van der Waals surface area contributed by atoms with Gasteiger partial charge in [0.05, 0.1) is 5.69 Å². The summed E-state index contributed by atoms with van der Waals surface area (Å²) in [4.78, 5) is 24.0. The van der Waals surface area contributed by atoms with Crippen LogP contribution in [0, 0.1) is 0 Å². The molecule has 108 valence electrons. The highest BCUT2D eigenvalue weighted by Crippen LogP contribution is 2.07. The van der Waals surface area contributed by atoms with E-state index in [1.807, 2.05) is 18.2 Å². The molecule has 6 nitrogen and oxygen atoms in total. The second-order valence-corrected chi connectivity index (χ2v) is 4.85. The Morgan fingerprint density at radius 1 is 1.23 bits per heavy atom. The van der Waals surface area contributed by atoms with Crippen molar-refractivity contribution in [2.75, 3.05) is 5.43 Å². The average Bonchev–Trinajstić information content (AvgIpc) is 2.82. The second kappa shape index (κ2) is 5.89. The number of hydrogen-bond donors (Lipinski definition) is 2. The molecule has 0 saturated heterocycles. The van der Waals surface area contributed by atoms with Gasteiger partial charge in [0.25, 0.3) is 5.56 Å². The highest BCUT2D eigenvalue weighted by atomic mass is 16.1. The molecule has 0 aliphatic heterocycles. The van der Waals surface area contributed by atoms with Crippen LogP contribution >= 0.6 is 0 Å². The zero-order valence-electron chi connectivity index (χ0n) is 11.7. The van der Waals surface area contributed by atoms with E-state index in [9.17, 15) is 9.59 Å². The molecule has 1 aliphatic carbocycles. The molecule has 1 heterocycles. The number of hydrazone groups is 1. The maximum absolute atomic E-state index is 12.4. The van der Waals surface area contributed by atoms with Gasteiger partial charge in [-0.25, -0.2) is 4.68 Å². The average molecular weight is 292 g/mol. The Morgan fingerprint density at radius 3 is 2.73 bits per heavy atom. The molecule has 0 amide bonds. The molecular weight excluding hydrogens is 279 g/mol. The highest BCUT2D eigenvalue weighted by molar-refractivity contribution is 6.44. The number of H-pyrrole nitrogens is 1. The summed E-state index contributed by atoms with van der Waals surface area (Å²) in [5, 5.41) is 6.80. The lowest BCUT2D eigenvalue weighted by atomic mass is 10.0. The molecule has 0 atom stereocenters. The predicted octanol–water partition coefficient (Wildman–Crippen LogP) is 0.646. The molecule has 0 bridgehead atoms. The van der Waals surface area contributed by atoms with Crippen LogP contribution in [-0.2, 0) is 4.79 Å². The molecule has 1 aliphatic rings. The molecule has 0 unspecified atom stereocenters. The molecule has 0 fully saturated rings. The van der Waals surface area contributed by atoms with Crippen LogP contribution in [-0.4, -0.2) is 29.1 Å². The molecule has 2 N–H and O–H groups in total. The number of rotatable bonds is 3. The summed E-state index contributed by atoms with van der Waals surface area (Å²) in [7, 11) is 5.82. The Hall–Kier alpha value is -2.83. The number of nitrogens with one attached hydrogen (secondary N) is 2. The molecule has 3 rings (SSSR count). The molecule has 2 aromatic rings. The summed E-state index contributed by atoms with van der Waals surface area (Å²) in [6, 6.07) is 9.05. The van der Waals surface area contributed by atoms with E-state index in [1.165, 1.54) is 10.8 Å². The van der Waals surface area contributed by atoms with Crippen molar-refractivity contribution in [1.29, 1.82) is 0 Å². The summed E-state index contributed by atoms with van der Waals surface area (Å²) in [6.45, 7) is 0. The summed E-state index contributed by atoms with van der Waals surface area (Å²) in [5.74, 6) is -0.156. The van der Waals surface area contributed by atoms with Crippen molar-refractivity contribution in [3.05, 3.63) is 52.8 Å². The molecule has 1 aromatic heterocycles. The van der Waals surface area contributed by atoms with Crippen LogP contribution < -0.4 is 16.6 Å². The third kappa shape index (κ3) is 2.65. The second-order valence-electron chi connectivity index (χ2n) is 4.85. The van der Waals surface area contributed by atoms with Gasteiger partial charge in [0.15, 0.2) is 0 Å². The van der Waals surface area contributed by atoms with Gasteiger partial charge in [0.1, 0.15) is 19.2 Å². The number of para-hydroxylation sites is 1. The predicted molar refractivity (Wildman–Crippen MR) is 86.2 cm³/mol. The molecule has 7 heteroatoms. The SMILES string of the molecule is [B]c1[nH]n(-c2ccccc2)c(=O)c1NN=C1CCC=CC1=O. The maximum Gasteiger partial charge on any atom is 0.295 e. The van der Waals surface area contributed by atoms with Crippen molar-refractivity contribution in [3.8, 4) is 5.69 Å². The van der Waals surface area contributed by atoms with E-state index in [4.69, 9.17) is 7.85 Å². The topological polar surface area (TPSA) is 79.2 Å². The van der Waals surface area contributed by atoms with E-state index in [-0.39, 0.29) is 22.6 Å². The summed E-state index contributed by atoms with van der Waals surface area (Å²) < 4.78 is 1.32. The Balaban J connectivity index is 1.91. The third-order valence-electron chi connectivity index (χ3n) is 3.34. The fourth-order valence-corrected chi connectivity index (χ4v) is 2.19. The lowest BCUT2D eigenvalue weighted by Gasteiger charge is -2.06. The smallest absolute Gasteiger partial charge is 0.295 e. The largest absolute Gasteiger partial charge is 0.304 e. The molecule has 0 spiro atoms. The van der Waals surface area contributed by atoms with Crippen molar-refractivity contribution < 1.29 is 4.79 Å². The van der Waals surface area contributed by atoms with Crippen LogP contribution in [0.4, 0.5) is 5.69 Å². The monoisotopic (exact) mass is 292 g/mol. The number of aromatic amines is 1. The number of ketones is 1. The summed E-state index contributed by atoms with van der Waals surface area (Å²) in [5.41, 5.74) is 3.59. The fourth-order valence-electron chi connectivity index (χ4n) is 2.19. The molecular formula is C15H13BN4O2. The van der Waals surface area contributed by atoms with Crippen LogP contribution in [0.5, 0.6) is 0 Å². The van der Waals surface area contributed by atoms with E-state index >= 15 is 0 Å². The van der Waals surface area contributed by atoms with Gasteiger partial charge in [-0.2, -0.15) is 5.10 Å². The summed E-state index contributed by atoms with van der Waals surface area (Å²) >= 11 is 0. The highest BCUT2D eigenvalue weighted by Gasteiger charge is 2.14. The number of carbonyl (C=O) groups is 1. The number of nitrogens with zero attached hydrogens (tertiary/aromatic N) is 2. The molecule has 2 radical (unpaired) electrons. The van der Waals surface area contributed by atoms with Crippen molar-refractivity contribution in [1.82, 2.24) is 9.78 Å². The Kier molecular flexibility index (Phi) is 3.78. The van der Waals surface area contributed by atoms with Crippen LogP contribution in [0.1, 0.15) is 12.8 Å². The van der Waals surface area contributed by atoms with Gasteiger partial charge in [0.2, 0.25) is 5.78 Å². The van der Waals surface area contributed by atoms with Crippen LogP contribution in [0.15, 0.2) is 52.4 Å². The van der Waals surface area contributed by atoms with Gasteiger partial charge in [0, 0.05) is 5.59 Å². The Bertz CT molecular complexity index is 818. The number of allylic oxidation sites excluding steroid dienone is 2. The van der Waals surface area contributed by atoms with Gasteiger partial charge < -0.3 is 5.10 Å². The lowest BCUT2D eigenvalue weighted by Crippen LogP contribution is -2.20. The van der Waals surface area contributed by atoms with Gasteiger partial charge in [-0.15, -0.1) is 0 Å². The van der Waals surface area contributed by atoms with Crippen molar-refractivity contribution in [2.45, 2.75) is 12.8 Å². The van der Waals surface area contributed by atoms with Crippen LogP contribution in [0.2, 0.25) is 0 Å². The van der Waals surface area contributed by atoms with E-state index < -0.39 is 0 Å². The zero-order valence-corrected chi connectivity index (χ0v) is 11.7. The van der Waals surface area contributed by atoms with E-state index in [1.54, 1.807) is 18.2 Å². The lowest BCUT2D eigenvalue weighted by molar-refractivity contribution is -0.109. The normalized spacial score (nSPS) is 16.2. The van der Waals surface area contributed by atoms with E-state index in [0.29, 0.717) is 17.8 Å². The summed E-state index contributed by atoms with van der Waals surface area (Å²) in [6.07, 6.45) is 4.57. The fraction of sp³-hybridized carbons (Fsp3) is 0.133. The number of anilines is 1. The zero-order chi connectivity index (χ0) is 15.5. The number of carbonyl (C=O) groups excluding carboxylic acids is 1. The third-order valence-corrected chi connectivity index (χ3v) is 3.34. The number of hydrogen-bond acceptors (Lipinski definition) is 4. The molecule has 1 aromatic carbocycles. The standard InChI is InChI=1S/C15H13BN4O2/c16-14-13(18-17-11-8-4-5-9-12(11)21)15(22)20(19-14)10-6-2-1-3-7-10/h1-3,5-7,9,18-19H,4,8H2. The Morgan fingerprint density at radius 2 is 2.00 bits per heavy atom. The molecule has 22 heavy (non-hydrogen) atoms. The minimum Gasteiger partial charge on any atom is -0.304 e. The van der Waals surface area contributed by atoms with Crippen molar-refractivity contribution in [2.24, 2.45) is 5.10 Å². The van der Waals surface area contributed by atoms with Gasteiger partial charge in [-0.1, -0.05) is 24.3 Å². The minimum absolute atomic E-state index is 0.124. The minimum atomic E-state index is -0.355. The first-order valence-electron chi connectivity index (χ1n) is 6.86. The molecule has 0 saturated carbocycles. The van der Waals surface area contributed by atoms with E-state index in [0.717, 1.165) is 6.42 Å². The Labute approximate surface area is 127 Å². The number of aromatic nitrogens is 2. The first-order chi connectivity index (χ1) is 10.7. The first-order valence-corrected chi connectivity index (χ1v) is 6.86. The van der Waals surface area contributed by atoms with Crippen molar-refractivity contribution in [3.63, 3.8) is 0 Å². The van der Waals surface area contributed by atoms with Gasteiger partial charge in [-0.3, -0.25) is 15.0 Å². The quantitative estimate of drug-likeness (QED) is 0.644. The van der Waals surface area contributed by atoms with Gasteiger partial charge >= 0.3 is 0 Å². The first kappa shape index (κ1) is 14.1. The van der Waals surface area contributed by atoms with Gasteiger partial charge in [-0.05, 0) is 31.1 Å². The maximum atomic E-state index is 12.4. The van der Waals surface area contributed by atoms with Crippen LogP contribution in [0.3, 0.4) is 0 Å². The number of benzene rings is 1. The van der Waals surface area contributed by atoms with Crippen LogP contribution in [0.25, 0.3) is 5.69 Å².